The highest BCUT2D eigenvalue weighted by molar-refractivity contribution is 7.89. The number of aryl methyl sites for hydroxylation is 1. The summed E-state index contributed by atoms with van der Waals surface area (Å²) in [6.07, 6.45) is 0.420. The largest absolute Gasteiger partial charge is 0.350 e. The Hall–Kier alpha value is -4.34. The third-order valence-electron chi connectivity index (χ3n) is 6.77. The van der Waals surface area contributed by atoms with Gasteiger partial charge in [0.25, 0.3) is 0 Å². The van der Waals surface area contributed by atoms with Crippen molar-refractivity contribution in [2.45, 2.75) is 43.8 Å². The maximum absolute atomic E-state index is 13.9. The first-order chi connectivity index (χ1) is 20.3. The molecule has 0 aliphatic rings. The Morgan fingerprint density at radius 2 is 1.38 bits per heavy atom. The molecule has 4 aromatic carbocycles. The summed E-state index contributed by atoms with van der Waals surface area (Å²) in [5.74, 6) is -0.998. The fourth-order valence-corrected chi connectivity index (χ4v) is 5.64. The number of rotatable bonds is 13. The van der Waals surface area contributed by atoms with Crippen LogP contribution in [0.1, 0.15) is 41.6 Å². The number of nitrogens with zero attached hydrogens (tertiary/aromatic N) is 1. The fraction of sp³-hybridized carbons (Fsp3) is 0.212. The minimum absolute atomic E-state index is 0.0792. The summed E-state index contributed by atoms with van der Waals surface area (Å²) < 4.78 is 40.7. The number of hydrogen-bond donors (Lipinski definition) is 2. The molecule has 42 heavy (non-hydrogen) atoms. The van der Waals surface area contributed by atoms with E-state index >= 15 is 0 Å². The normalized spacial score (nSPS) is 12.0. The van der Waals surface area contributed by atoms with E-state index in [-0.39, 0.29) is 36.2 Å². The van der Waals surface area contributed by atoms with Crippen LogP contribution in [0.25, 0.3) is 0 Å². The Morgan fingerprint density at radius 1 is 0.786 bits per heavy atom. The van der Waals surface area contributed by atoms with E-state index < -0.39 is 21.9 Å². The fourth-order valence-electron chi connectivity index (χ4n) is 4.60. The predicted octanol–water partition coefficient (Wildman–Crippen LogP) is 5.14. The van der Waals surface area contributed by atoms with Crippen molar-refractivity contribution in [3.05, 3.63) is 137 Å². The molecule has 0 spiro atoms. The molecule has 0 aliphatic heterocycles. The van der Waals surface area contributed by atoms with Gasteiger partial charge >= 0.3 is 0 Å². The summed E-state index contributed by atoms with van der Waals surface area (Å²) in [7, 11) is -3.58. The molecular formula is C33H34FN3O4S. The van der Waals surface area contributed by atoms with Crippen LogP contribution in [0.5, 0.6) is 0 Å². The second kappa shape index (κ2) is 14.5. The van der Waals surface area contributed by atoms with Crippen molar-refractivity contribution in [1.82, 2.24) is 14.9 Å². The van der Waals surface area contributed by atoms with E-state index in [1.807, 2.05) is 48.5 Å². The summed E-state index contributed by atoms with van der Waals surface area (Å²) in [6.45, 7) is 2.38. The van der Waals surface area contributed by atoms with Gasteiger partial charge in [0.15, 0.2) is 0 Å². The minimum Gasteiger partial charge on any atom is -0.350 e. The zero-order valence-corrected chi connectivity index (χ0v) is 24.2. The lowest BCUT2D eigenvalue weighted by Gasteiger charge is -2.32. The van der Waals surface area contributed by atoms with E-state index in [0.29, 0.717) is 24.1 Å². The van der Waals surface area contributed by atoms with Gasteiger partial charge < -0.3 is 10.2 Å². The Labute approximate surface area is 246 Å². The van der Waals surface area contributed by atoms with Gasteiger partial charge in [-0.25, -0.2) is 17.5 Å². The highest BCUT2D eigenvalue weighted by atomic mass is 32.2. The Bertz CT molecular complexity index is 1560. The first kappa shape index (κ1) is 30.6. The lowest BCUT2D eigenvalue weighted by Crippen LogP contribution is -2.43. The Balaban J connectivity index is 1.59. The number of benzene rings is 4. The van der Waals surface area contributed by atoms with Crippen molar-refractivity contribution in [2.24, 2.45) is 0 Å². The predicted molar refractivity (Wildman–Crippen MR) is 160 cm³/mol. The zero-order chi connectivity index (χ0) is 30.0. The van der Waals surface area contributed by atoms with Crippen LogP contribution in [0.2, 0.25) is 0 Å². The monoisotopic (exact) mass is 587 g/mol. The summed E-state index contributed by atoms with van der Waals surface area (Å²) >= 11 is 0. The molecule has 4 rings (SSSR count). The molecular weight excluding hydrogens is 553 g/mol. The molecule has 0 saturated heterocycles. The number of nitrogens with one attached hydrogen (secondary N) is 2. The second-order valence-corrected chi connectivity index (χ2v) is 11.6. The number of amides is 2. The van der Waals surface area contributed by atoms with Gasteiger partial charge in [-0.1, -0.05) is 91.9 Å². The van der Waals surface area contributed by atoms with E-state index in [9.17, 15) is 22.4 Å². The molecule has 0 unspecified atom stereocenters. The van der Waals surface area contributed by atoms with Crippen LogP contribution in [0.4, 0.5) is 4.39 Å². The van der Waals surface area contributed by atoms with Crippen LogP contribution in [-0.2, 0) is 39.1 Å². The molecule has 0 heterocycles. The number of sulfonamides is 1. The van der Waals surface area contributed by atoms with Gasteiger partial charge in [-0.15, -0.1) is 0 Å². The molecule has 1 atom stereocenters. The number of carbonyl (C=O) groups excluding carboxylic acids is 2. The van der Waals surface area contributed by atoms with Crippen molar-refractivity contribution in [3.8, 4) is 0 Å². The lowest BCUT2D eigenvalue weighted by atomic mass is 10.0. The van der Waals surface area contributed by atoms with E-state index in [0.717, 1.165) is 11.1 Å². The van der Waals surface area contributed by atoms with Gasteiger partial charge in [0.1, 0.15) is 11.9 Å². The van der Waals surface area contributed by atoms with E-state index in [1.165, 1.54) is 29.2 Å². The van der Waals surface area contributed by atoms with E-state index in [1.54, 1.807) is 43.3 Å². The van der Waals surface area contributed by atoms with Gasteiger partial charge in [-0.2, -0.15) is 0 Å². The molecule has 2 N–H and O–H groups in total. The van der Waals surface area contributed by atoms with Crippen LogP contribution in [-0.4, -0.2) is 31.7 Å². The number of halogens is 1. The Kier molecular flexibility index (Phi) is 10.6. The van der Waals surface area contributed by atoms with Crippen LogP contribution in [0, 0.1) is 5.82 Å². The Morgan fingerprint density at radius 3 is 2.00 bits per heavy atom. The summed E-state index contributed by atoms with van der Waals surface area (Å²) in [6, 6.07) is 29.9. The highest BCUT2D eigenvalue weighted by Crippen LogP contribution is 2.26. The van der Waals surface area contributed by atoms with Crippen LogP contribution < -0.4 is 10.0 Å². The molecule has 7 nitrogen and oxygen atoms in total. The smallest absolute Gasteiger partial charge is 0.247 e. The number of carbonyl (C=O) groups is 2. The molecule has 2 amide bonds. The van der Waals surface area contributed by atoms with Crippen LogP contribution in [0.3, 0.4) is 0 Å². The van der Waals surface area contributed by atoms with Crippen LogP contribution >= 0.6 is 0 Å². The molecule has 0 saturated carbocycles. The van der Waals surface area contributed by atoms with Crippen molar-refractivity contribution in [2.75, 3.05) is 6.54 Å². The molecule has 0 radical (unpaired) electrons. The van der Waals surface area contributed by atoms with Crippen molar-refractivity contribution in [3.63, 3.8) is 0 Å². The third-order valence-corrected chi connectivity index (χ3v) is 8.33. The molecule has 4 aromatic rings. The minimum atomic E-state index is -3.58. The molecule has 0 bridgehead atoms. The second-order valence-electron chi connectivity index (χ2n) is 9.81. The van der Waals surface area contributed by atoms with E-state index in [2.05, 4.69) is 10.0 Å². The molecule has 0 aliphatic carbocycles. The first-order valence-electron chi connectivity index (χ1n) is 13.8. The highest BCUT2D eigenvalue weighted by Gasteiger charge is 2.31. The van der Waals surface area contributed by atoms with Crippen LogP contribution in [0.15, 0.2) is 114 Å². The maximum Gasteiger partial charge on any atom is 0.247 e. The SMILES string of the molecule is CCNS(=O)(=O)c1ccc(CCC(=O)N(Cc2ccc(F)cc2)[C@@H](C(=O)NCc2ccccc2)c2ccccc2)cc1. The van der Waals surface area contributed by atoms with Gasteiger partial charge in [0.05, 0.1) is 4.90 Å². The topological polar surface area (TPSA) is 95.6 Å². The van der Waals surface area contributed by atoms with Gasteiger partial charge in [-0.05, 0) is 52.9 Å². The maximum atomic E-state index is 13.9. The summed E-state index contributed by atoms with van der Waals surface area (Å²) in [5.41, 5.74) is 3.04. The summed E-state index contributed by atoms with van der Waals surface area (Å²) in [5, 5.41) is 2.98. The van der Waals surface area contributed by atoms with Gasteiger partial charge in [-0.3, -0.25) is 9.59 Å². The molecule has 0 aromatic heterocycles. The van der Waals surface area contributed by atoms with Crippen molar-refractivity contribution in [1.29, 1.82) is 0 Å². The first-order valence-corrected chi connectivity index (χ1v) is 15.2. The van der Waals surface area contributed by atoms with Crippen molar-refractivity contribution < 1.29 is 22.4 Å². The molecule has 0 fully saturated rings. The van der Waals surface area contributed by atoms with Gasteiger partial charge in [0, 0.05) is 26.1 Å². The van der Waals surface area contributed by atoms with E-state index in [4.69, 9.17) is 0 Å². The van der Waals surface area contributed by atoms with Crippen molar-refractivity contribution >= 4 is 21.8 Å². The third kappa shape index (κ3) is 8.34. The average Bonchev–Trinajstić information content (AvgIpc) is 3.01. The zero-order valence-electron chi connectivity index (χ0n) is 23.4. The average molecular weight is 588 g/mol. The quantitative estimate of drug-likeness (QED) is 0.226. The lowest BCUT2D eigenvalue weighted by molar-refractivity contribution is -0.141. The molecule has 9 heteroatoms. The van der Waals surface area contributed by atoms with Gasteiger partial charge in [0.2, 0.25) is 21.8 Å². The number of hydrogen-bond acceptors (Lipinski definition) is 4. The molecule has 218 valence electrons. The summed E-state index contributed by atoms with van der Waals surface area (Å²) in [4.78, 5) is 29.3. The standard InChI is InChI=1S/C33H34FN3O4S/c1-2-36-42(40,41)30-20-15-25(16-21-30)17-22-31(38)37(24-27-13-18-29(34)19-14-27)32(28-11-7-4-8-12-28)33(39)35-23-26-9-5-3-6-10-26/h3-16,18-21,32,36H,2,17,22-24H2,1H3,(H,35,39)/t32-/m1/s1.